The van der Waals surface area contributed by atoms with Crippen molar-refractivity contribution in [3.05, 3.63) is 58.6 Å². The minimum absolute atomic E-state index is 0.797. The van der Waals surface area contributed by atoms with Crippen molar-refractivity contribution < 1.29 is 0 Å². The molecular weight excluding hydrogens is 236 g/mol. The normalized spacial score (nSPS) is 10.4. The zero-order valence-electron chi connectivity index (χ0n) is 9.33. The summed E-state index contributed by atoms with van der Waals surface area (Å²) in [6, 6.07) is 14.6. The van der Waals surface area contributed by atoms with Gasteiger partial charge in [-0.3, -0.25) is 0 Å². The Labute approximate surface area is 106 Å². The van der Waals surface area contributed by atoms with E-state index in [1.165, 1.54) is 20.9 Å². The summed E-state index contributed by atoms with van der Waals surface area (Å²) in [5, 5.41) is 0.797. The molecule has 0 aliphatic heterocycles. The van der Waals surface area contributed by atoms with Crippen LogP contribution in [0, 0.1) is 13.8 Å². The van der Waals surface area contributed by atoms with Gasteiger partial charge in [-0.2, -0.15) is 0 Å². The van der Waals surface area contributed by atoms with Crippen molar-refractivity contribution in [2.24, 2.45) is 0 Å². The Kier molecular flexibility index (Phi) is 3.57. The molecule has 0 N–H and O–H groups in total. The van der Waals surface area contributed by atoms with Crippen molar-refractivity contribution in [2.75, 3.05) is 0 Å². The highest BCUT2D eigenvalue weighted by molar-refractivity contribution is 7.99. The molecule has 0 heterocycles. The summed E-state index contributed by atoms with van der Waals surface area (Å²) >= 11 is 7.70. The van der Waals surface area contributed by atoms with Gasteiger partial charge < -0.3 is 0 Å². The highest BCUT2D eigenvalue weighted by Gasteiger charge is 2.01. The van der Waals surface area contributed by atoms with Crippen LogP contribution in [0.1, 0.15) is 11.1 Å². The molecule has 2 aromatic rings. The smallest absolute Gasteiger partial charge is 0.0409 e. The van der Waals surface area contributed by atoms with Gasteiger partial charge in [0, 0.05) is 14.8 Å². The van der Waals surface area contributed by atoms with Gasteiger partial charge in [0.1, 0.15) is 0 Å². The molecular formula is C14H13ClS. The maximum atomic E-state index is 5.93. The molecule has 0 atom stereocenters. The van der Waals surface area contributed by atoms with Crippen LogP contribution in [0.15, 0.2) is 52.3 Å². The van der Waals surface area contributed by atoms with Gasteiger partial charge in [0.2, 0.25) is 0 Å². The molecule has 0 aromatic heterocycles. The maximum Gasteiger partial charge on any atom is 0.0409 e. The third kappa shape index (κ3) is 2.81. The highest BCUT2D eigenvalue weighted by Crippen LogP contribution is 2.31. The quantitative estimate of drug-likeness (QED) is 0.712. The standard InChI is InChI=1S/C14H13ClS/c1-10-3-6-13(7-4-10)16-14-8-5-12(15)9-11(14)2/h3-9H,1-2H3. The van der Waals surface area contributed by atoms with Gasteiger partial charge in [-0.15, -0.1) is 0 Å². The molecule has 2 rings (SSSR count). The number of hydrogen-bond acceptors (Lipinski definition) is 1. The van der Waals surface area contributed by atoms with Crippen molar-refractivity contribution in [1.82, 2.24) is 0 Å². The molecule has 0 nitrogen and oxygen atoms in total. The van der Waals surface area contributed by atoms with Crippen molar-refractivity contribution in [2.45, 2.75) is 23.6 Å². The van der Waals surface area contributed by atoms with E-state index in [0.717, 1.165) is 5.02 Å². The third-order valence-corrected chi connectivity index (χ3v) is 3.81. The van der Waals surface area contributed by atoms with Gasteiger partial charge in [0.05, 0.1) is 0 Å². The van der Waals surface area contributed by atoms with E-state index in [1.807, 2.05) is 12.1 Å². The Balaban J connectivity index is 2.23. The number of hydrogen-bond donors (Lipinski definition) is 0. The molecule has 0 bridgehead atoms. The Morgan fingerprint density at radius 2 is 1.62 bits per heavy atom. The summed E-state index contributed by atoms with van der Waals surface area (Å²) < 4.78 is 0. The lowest BCUT2D eigenvalue weighted by Crippen LogP contribution is -1.80. The van der Waals surface area contributed by atoms with Crippen molar-refractivity contribution in [3.8, 4) is 0 Å². The number of rotatable bonds is 2. The number of aryl methyl sites for hydroxylation is 2. The zero-order chi connectivity index (χ0) is 11.5. The molecule has 2 heteroatoms. The van der Waals surface area contributed by atoms with Gasteiger partial charge in [-0.05, 0) is 49.7 Å². The molecule has 0 saturated heterocycles. The molecule has 0 fully saturated rings. The van der Waals surface area contributed by atoms with Crippen LogP contribution in [-0.4, -0.2) is 0 Å². The van der Waals surface area contributed by atoms with Gasteiger partial charge in [-0.1, -0.05) is 41.1 Å². The van der Waals surface area contributed by atoms with Crippen LogP contribution < -0.4 is 0 Å². The number of benzene rings is 2. The zero-order valence-corrected chi connectivity index (χ0v) is 10.9. The first kappa shape index (κ1) is 11.6. The molecule has 2 aromatic carbocycles. The SMILES string of the molecule is Cc1ccc(Sc2ccc(Cl)cc2C)cc1. The topological polar surface area (TPSA) is 0 Å². The lowest BCUT2D eigenvalue weighted by Gasteiger charge is -2.06. The average molecular weight is 249 g/mol. The fourth-order valence-corrected chi connectivity index (χ4v) is 2.57. The van der Waals surface area contributed by atoms with E-state index < -0.39 is 0 Å². The monoisotopic (exact) mass is 248 g/mol. The van der Waals surface area contributed by atoms with Crippen LogP contribution in [-0.2, 0) is 0 Å². The van der Waals surface area contributed by atoms with E-state index in [-0.39, 0.29) is 0 Å². The van der Waals surface area contributed by atoms with Crippen molar-refractivity contribution >= 4 is 23.4 Å². The molecule has 0 unspecified atom stereocenters. The van der Waals surface area contributed by atoms with Crippen molar-refractivity contribution in [3.63, 3.8) is 0 Å². The van der Waals surface area contributed by atoms with E-state index in [4.69, 9.17) is 11.6 Å². The fraction of sp³-hybridized carbons (Fsp3) is 0.143. The van der Waals surface area contributed by atoms with Crippen LogP contribution in [0.4, 0.5) is 0 Å². The average Bonchev–Trinajstić information content (AvgIpc) is 2.25. The lowest BCUT2D eigenvalue weighted by atomic mass is 10.2. The summed E-state index contributed by atoms with van der Waals surface area (Å²) in [6.45, 7) is 4.18. The summed E-state index contributed by atoms with van der Waals surface area (Å²) in [4.78, 5) is 2.52. The van der Waals surface area contributed by atoms with E-state index in [9.17, 15) is 0 Å². The first-order valence-electron chi connectivity index (χ1n) is 5.16. The predicted molar refractivity (Wildman–Crippen MR) is 71.5 cm³/mol. The van der Waals surface area contributed by atoms with Gasteiger partial charge >= 0.3 is 0 Å². The molecule has 0 aliphatic carbocycles. The lowest BCUT2D eigenvalue weighted by molar-refractivity contribution is 1.29. The largest absolute Gasteiger partial charge is 0.0898 e. The minimum atomic E-state index is 0.797. The molecule has 16 heavy (non-hydrogen) atoms. The van der Waals surface area contributed by atoms with E-state index in [2.05, 4.69) is 44.2 Å². The summed E-state index contributed by atoms with van der Waals surface area (Å²) in [7, 11) is 0. The van der Waals surface area contributed by atoms with Crippen LogP contribution in [0.2, 0.25) is 5.02 Å². The maximum absolute atomic E-state index is 5.93. The summed E-state index contributed by atoms with van der Waals surface area (Å²) in [6.07, 6.45) is 0. The molecule has 0 saturated carbocycles. The molecule has 82 valence electrons. The van der Waals surface area contributed by atoms with Gasteiger partial charge in [0.15, 0.2) is 0 Å². The van der Waals surface area contributed by atoms with Gasteiger partial charge in [0.25, 0.3) is 0 Å². The summed E-state index contributed by atoms with van der Waals surface area (Å²) in [5.74, 6) is 0. The van der Waals surface area contributed by atoms with Crippen LogP contribution in [0.3, 0.4) is 0 Å². The Morgan fingerprint density at radius 1 is 0.938 bits per heavy atom. The van der Waals surface area contributed by atoms with Crippen LogP contribution in [0.5, 0.6) is 0 Å². The van der Waals surface area contributed by atoms with E-state index in [0.29, 0.717) is 0 Å². The van der Waals surface area contributed by atoms with Crippen LogP contribution in [0.25, 0.3) is 0 Å². The highest BCUT2D eigenvalue weighted by atomic mass is 35.5. The Morgan fingerprint density at radius 3 is 2.25 bits per heavy atom. The first-order valence-corrected chi connectivity index (χ1v) is 6.35. The van der Waals surface area contributed by atoms with Crippen molar-refractivity contribution in [1.29, 1.82) is 0 Å². The van der Waals surface area contributed by atoms with E-state index >= 15 is 0 Å². The second-order valence-corrected chi connectivity index (χ2v) is 5.38. The Hall–Kier alpha value is -0.920. The summed E-state index contributed by atoms with van der Waals surface area (Å²) in [5.41, 5.74) is 2.51. The second-order valence-electron chi connectivity index (χ2n) is 3.82. The second kappa shape index (κ2) is 4.94. The molecule has 0 aliphatic rings. The Bertz CT molecular complexity index is 489. The third-order valence-electron chi connectivity index (χ3n) is 2.39. The minimum Gasteiger partial charge on any atom is -0.0898 e. The molecule has 0 radical (unpaired) electrons. The first-order chi connectivity index (χ1) is 7.65. The van der Waals surface area contributed by atoms with E-state index in [1.54, 1.807) is 11.8 Å². The fourth-order valence-electron chi connectivity index (χ4n) is 1.46. The predicted octanol–water partition coefficient (Wildman–Crippen LogP) is 5.11. The van der Waals surface area contributed by atoms with Gasteiger partial charge in [-0.25, -0.2) is 0 Å². The molecule has 0 spiro atoms. The van der Waals surface area contributed by atoms with Crippen LogP contribution >= 0.6 is 23.4 Å². The number of halogens is 1. The molecule has 0 amide bonds.